The second-order valence-corrected chi connectivity index (χ2v) is 10.8. The molecule has 0 spiro atoms. The van der Waals surface area contributed by atoms with Crippen LogP contribution in [0.4, 0.5) is 0 Å². The first kappa shape index (κ1) is 21.3. The zero-order valence-corrected chi connectivity index (χ0v) is 18.7. The van der Waals surface area contributed by atoms with Crippen LogP contribution in [0.5, 0.6) is 0 Å². The lowest BCUT2D eigenvalue weighted by Gasteiger charge is -2.33. The average molecular weight is 435 g/mol. The van der Waals surface area contributed by atoms with Crippen molar-refractivity contribution in [2.45, 2.75) is 39.8 Å². The summed E-state index contributed by atoms with van der Waals surface area (Å²) < 4.78 is 31.0. The highest BCUT2D eigenvalue weighted by Crippen LogP contribution is 2.29. The number of Topliss-reactive ketones (excluding diaryl/α,β-unsaturated/α-hetero) is 1. The third kappa shape index (κ3) is 4.53. The van der Waals surface area contributed by atoms with Crippen LogP contribution in [0.1, 0.15) is 45.7 Å². The molecule has 2 aromatic heterocycles. The minimum Gasteiger partial charge on any atom is -0.361 e. The first-order chi connectivity index (χ1) is 14.2. The van der Waals surface area contributed by atoms with E-state index in [9.17, 15) is 13.2 Å². The second-order valence-electron chi connectivity index (χ2n) is 8.62. The van der Waals surface area contributed by atoms with Crippen molar-refractivity contribution >= 4 is 15.6 Å². The van der Waals surface area contributed by atoms with Gasteiger partial charge in [0.15, 0.2) is 15.6 Å². The number of hydrogen-bond acceptors (Lipinski definition) is 7. The predicted molar refractivity (Wildman–Crippen MR) is 114 cm³/mol. The van der Waals surface area contributed by atoms with E-state index in [1.54, 1.807) is 0 Å². The van der Waals surface area contributed by atoms with Crippen molar-refractivity contribution < 1.29 is 17.7 Å². The van der Waals surface area contributed by atoms with E-state index in [1.807, 2.05) is 32.9 Å². The molecule has 2 aliphatic rings. The molecule has 0 aliphatic carbocycles. The molecule has 0 amide bonds. The number of nitrogens with zero attached hydrogens (tertiary/aromatic N) is 4. The van der Waals surface area contributed by atoms with Crippen molar-refractivity contribution in [3.63, 3.8) is 0 Å². The van der Waals surface area contributed by atoms with Crippen LogP contribution in [0, 0.1) is 20.8 Å². The van der Waals surface area contributed by atoms with Gasteiger partial charge in [0, 0.05) is 61.8 Å². The molecule has 9 heteroatoms. The molecule has 1 atom stereocenters. The summed E-state index contributed by atoms with van der Waals surface area (Å²) in [6.07, 6.45) is 0.624. The van der Waals surface area contributed by atoms with E-state index in [1.165, 1.54) is 0 Å². The zero-order chi connectivity index (χ0) is 21.5. The number of hydrogen-bond donors (Lipinski definition) is 0. The maximum absolute atomic E-state index is 13.0. The van der Waals surface area contributed by atoms with E-state index in [2.05, 4.69) is 19.5 Å². The summed E-state index contributed by atoms with van der Waals surface area (Å²) in [5, 5.41) is 4.05. The quantitative estimate of drug-likeness (QED) is 0.640. The Morgan fingerprint density at radius 2 is 1.83 bits per heavy atom. The molecule has 0 bridgehead atoms. The molecular formula is C21H30N4O4S. The molecule has 2 aliphatic heterocycles. The summed E-state index contributed by atoms with van der Waals surface area (Å²) in [4.78, 5) is 17.5. The summed E-state index contributed by atoms with van der Waals surface area (Å²) >= 11 is 0. The highest BCUT2D eigenvalue weighted by atomic mass is 32.2. The lowest BCUT2D eigenvalue weighted by atomic mass is 10.1. The molecule has 30 heavy (non-hydrogen) atoms. The van der Waals surface area contributed by atoms with Crippen molar-refractivity contribution in [3.05, 3.63) is 40.5 Å². The molecule has 0 aromatic carbocycles. The van der Waals surface area contributed by atoms with Gasteiger partial charge in [-0.15, -0.1) is 0 Å². The standard InChI is InChI=1S/C21H30N4O4S/c1-15-10-20(17(3)25(15)19-4-9-30(27,28)14-19)21(26)13-24-7-5-23(6-8-24)12-18-11-16(2)29-22-18/h10-11,19H,4-9,12-14H2,1-3H3. The molecular weight excluding hydrogens is 404 g/mol. The third-order valence-corrected chi connectivity index (χ3v) is 8.00. The fourth-order valence-corrected chi connectivity index (χ4v) is 6.42. The maximum atomic E-state index is 13.0. The van der Waals surface area contributed by atoms with Gasteiger partial charge in [0.2, 0.25) is 0 Å². The topological polar surface area (TPSA) is 88.6 Å². The van der Waals surface area contributed by atoms with Gasteiger partial charge in [0.05, 0.1) is 23.7 Å². The maximum Gasteiger partial charge on any atom is 0.178 e. The summed E-state index contributed by atoms with van der Waals surface area (Å²) in [7, 11) is -2.97. The Labute approximate surface area is 177 Å². The van der Waals surface area contributed by atoms with E-state index < -0.39 is 9.84 Å². The number of piperazine rings is 1. The van der Waals surface area contributed by atoms with Crippen LogP contribution in [0.25, 0.3) is 0 Å². The number of carbonyl (C=O) groups is 1. The van der Waals surface area contributed by atoms with Crippen LogP contribution >= 0.6 is 0 Å². The number of sulfone groups is 1. The van der Waals surface area contributed by atoms with Gasteiger partial charge in [0.1, 0.15) is 5.76 Å². The molecule has 2 fully saturated rings. The Morgan fingerprint density at radius 1 is 1.13 bits per heavy atom. The Bertz CT molecular complexity index is 1030. The first-order valence-corrected chi connectivity index (χ1v) is 12.3. The Morgan fingerprint density at radius 3 is 2.43 bits per heavy atom. The summed E-state index contributed by atoms with van der Waals surface area (Å²) in [6, 6.07) is 3.83. The van der Waals surface area contributed by atoms with Crippen molar-refractivity contribution in [2.75, 3.05) is 44.2 Å². The first-order valence-electron chi connectivity index (χ1n) is 10.5. The highest BCUT2D eigenvalue weighted by Gasteiger charge is 2.32. The van der Waals surface area contributed by atoms with Crippen molar-refractivity contribution in [1.82, 2.24) is 19.5 Å². The Balaban J connectivity index is 1.35. The summed E-state index contributed by atoms with van der Waals surface area (Å²) in [5.41, 5.74) is 3.51. The van der Waals surface area contributed by atoms with E-state index >= 15 is 0 Å². The average Bonchev–Trinajstić information content (AvgIpc) is 3.34. The molecule has 0 radical (unpaired) electrons. The minimum atomic E-state index is -2.97. The molecule has 1 unspecified atom stereocenters. The number of aromatic nitrogens is 2. The van der Waals surface area contributed by atoms with Gasteiger partial charge in [0.25, 0.3) is 0 Å². The fraction of sp³-hybridized carbons (Fsp3) is 0.619. The second kappa shape index (κ2) is 8.28. The number of rotatable bonds is 6. The normalized spacial score (nSPS) is 22.6. The van der Waals surface area contributed by atoms with E-state index in [4.69, 9.17) is 4.52 Å². The monoisotopic (exact) mass is 434 g/mol. The van der Waals surface area contributed by atoms with Crippen LogP contribution in [0.15, 0.2) is 16.7 Å². The van der Waals surface area contributed by atoms with E-state index in [0.29, 0.717) is 13.0 Å². The largest absolute Gasteiger partial charge is 0.361 e. The smallest absolute Gasteiger partial charge is 0.178 e. The molecule has 4 rings (SSSR count). The highest BCUT2D eigenvalue weighted by molar-refractivity contribution is 7.91. The lowest BCUT2D eigenvalue weighted by Crippen LogP contribution is -2.47. The SMILES string of the molecule is Cc1cc(CN2CCN(CC(=O)c3cc(C)n(C4CCS(=O)(=O)C4)c3C)CC2)no1. The molecule has 0 saturated carbocycles. The molecule has 8 nitrogen and oxygen atoms in total. The van der Waals surface area contributed by atoms with E-state index in [0.717, 1.165) is 61.1 Å². The van der Waals surface area contributed by atoms with Gasteiger partial charge in [-0.3, -0.25) is 14.6 Å². The van der Waals surface area contributed by atoms with Crippen molar-refractivity contribution in [1.29, 1.82) is 0 Å². The summed E-state index contributed by atoms with van der Waals surface area (Å²) in [5.74, 6) is 1.33. The van der Waals surface area contributed by atoms with Gasteiger partial charge in [-0.1, -0.05) is 5.16 Å². The summed E-state index contributed by atoms with van der Waals surface area (Å²) in [6.45, 7) is 10.4. The van der Waals surface area contributed by atoms with Gasteiger partial charge < -0.3 is 9.09 Å². The number of aryl methyl sites for hydroxylation is 2. The van der Waals surface area contributed by atoms with Crippen LogP contribution < -0.4 is 0 Å². The Hall–Kier alpha value is -1.97. The van der Waals surface area contributed by atoms with Gasteiger partial charge in [-0.2, -0.15) is 0 Å². The molecule has 4 heterocycles. The zero-order valence-electron chi connectivity index (χ0n) is 17.9. The Kier molecular flexibility index (Phi) is 5.87. The van der Waals surface area contributed by atoms with Gasteiger partial charge >= 0.3 is 0 Å². The number of carbonyl (C=O) groups excluding carboxylic acids is 1. The van der Waals surface area contributed by atoms with Crippen LogP contribution in [0.3, 0.4) is 0 Å². The van der Waals surface area contributed by atoms with Gasteiger partial charge in [-0.05, 0) is 33.3 Å². The number of ketones is 1. The third-order valence-electron chi connectivity index (χ3n) is 6.25. The molecule has 2 saturated heterocycles. The molecule has 164 valence electrons. The van der Waals surface area contributed by atoms with E-state index in [-0.39, 0.29) is 23.3 Å². The predicted octanol–water partition coefficient (Wildman–Crippen LogP) is 1.76. The van der Waals surface area contributed by atoms with Crippen LogP contribution in [-0.2, 0) is 16.4 Å². The van der Waals surface area contributed by atoms with Gasteiger partial charge in [-0.25, -0.2) is 8.42 Å². The fourth-order valence-electron chi connectivity index (χ4n) is 4.72. The van der Waals surface area contributed by atoms with Crippen LogP contribution in [-0.4, -0.2) is 78.0 Å². The molecule has 0 N–H and O–H groups in total. The minimum absolute atomic E-state index is 0.0553. The lowest BCUT2D eigenvalue weighted by molar-refractivity contribution is 0.0840. The van der Waals surface area contributed by atoms with Crippen molar-refractivity contribution in [2.24, 2.45) is 0 Å². The molecule has 2 aromatic rings. The van der Waals surface area contributed by atoms with Crippen molar-refractivity contribution in [3.8, 4) is 0 Å². The van der Waals surface area contributed by atoms with Crippen LogP contribution in [0.2, 0.25) is 0 Å².